The number of rotatable bonds is 8. The molecule has 1 amide bonds. The van der Waals surface area contributed by atoms with E-state index in [2.05, 4.69) is 35.8 Å². The second-order valence-corrected chi connectivity index (χ2v) is 5.54. The molecule has 0 aliphatic heterocycles. The minimum absolute atomic E-state index is 0.0196. The summed E-state index contributed by atoms with van der Waals surface area (Å²) >= 11 is 0. The largest absolute Gasteiger partial charge is 0.497 e. The molecule has 0 saturated carbocycles. The number of hydrogen-bond acceptors (Lipinski definition) is 3. The average Bonchev–Trinajstić information content (AvgIpc) is 2.55. The lowest BCUT2D eigenvalue weighted by atomic mass is 10.1. The number of carbonyl (C=O) groups excluding carboxylic acids is 1. The van der Waals surface area contributed by atoms with Crippen molar-refractivity contribution in [2.75, 3.05) is 20.2 Å². The van der Waals surface area contributed by atoms with E-state index in [1.807, 2.05) is 30.3 Å². The van der Waals surface area contributed by atoms with E-state index in [9.17, 15) is 4.79 Å². The van der Waals surface area contributed by atoms with Crippen LogP contribution >= 0.6 is 0 Å². The number of aryl methyl sites for hydroxylation is 1. The molecule has 0 aliphatic rings. The van der Waals surface area contributed by atoms with Gasteiger partial charge in [0.2, 0.25) is 5.91 Å². The van der Waals surface area contributed by atoms with Gasteiger partial charge in [0, 0.05) is 13.1 Å². The molecule has 0 aromatic heterocycles. The van der Waals surface area contributed by atoms with Gasteiger partial charge in [-0.25, -0.2) is 0 Å². The second-order valence-electron chi connectivity index (χ2n) is 5.54. The lowest BCUT2D eigenvalue weighted by Gasteiger charge is -2.08. The zero-order valence-electron chi connectivity index (χ0n) is 13.8. The lowest BCUT2D eigenvalue weighted by molar-refractivity contribution is -0.120. The minimum atomic E-state index is 0.0196. The molecular weight excluding hydrogens is 288 g/mol. The summed E-state index contributed by atoms with van der Waals surface area (Å²) in [4.78, 5) is 11.8. The van der Waals surface area contributed by atoms with E-state index >= 15 is 0 Å². The Morgan fingerprint density at radius 1 is 1.09 bits per heavy atom. The molecule has 0 radical (unpaired) electrons. The van der Waals surface area contributed by atoms with E-state index in [0.29, 0.717) is 19.6 Å². The summed E-state index contributed by atoms with van der Waals surface area (Å²) in [6.45, 7) is 3.73. The maximum Gasteiger partial charge on any atom is 0.233 e. The summed E-state index contributed by atoms with van der Waals surface area (Å²) in [5.74, 6) is 0.865. The molecule has 0 spiro atoms. The number of carbonyl (C=O) groups is 1. The van der Waals surface area contributed by atoms with Gasteiger partial charge in [0.05, 0.1) is 13.7 Å². The first-order chi connectivity index (χ1) is 11.2. The molecule has 122 valence electrons. The van der Waals surface area contributed by atoms with Gasteiger partial charge in [-0.3, -0.25) is 4.79 Å². The van der Waals surface area contributed by atoms with E-state index in [-0.39, 0.29) is 5.91 Å². The van der Waals surface area contributed by atoms with Crippen molar-refractivity contribution in [2.45, 2.75) is 19.9 Å². The van der Waals surface area contributed by atoms with Gasteiger partial charge >= 0.3 is 0 Å². The zero-order chi connectivity index (χ0) is 16.5. The number of nitrogens with one attached hydrogen (secondary N) is 2. The van der Waals surface area contributed by atoms with Crippen LogP contribution in [0, 0.1) is 6.92 Å². The fourth-order valence-corrected chi connectivity index (χ4v) is 2.34. The van der Waals surface area contributed by atoms with Crippen molar-refractivity contribution >= 4 is 5.91 Å². The second kappa shape index (κ2) is 8.96. The third-order valence-corrected chi connectivity index (χ3v) is 3.59. The van der Waals surface area contributed by atoms with Crippen molar-refractivity contribution in [2.24, 2.45) is 0 Å². The van der Waals surface area contributed by atoms with Gasteiger partial charge < -0.3 is 15.4 Å². The van der Waals surface area contributed by atoms with E-state index in [1.165, 1.54) is 16.7 Å². The van der Waals surface area contributed by atoms with Crippen molar-refractivity contribution in [3.05, 3.63) is 65.2 Å². The first-order valence-corrected chi connectivity index (χ1v) is 7.83. The highest BCUT2D eigenvalue weighted by molar-refractivity contribution is 5.77. The zero-order valence-corrected chi connectivity index (χ0v) is 13.8. The first kappa shape index (κ1) is 17.0. The summed E-state index contributed by atoms with van der Waals surface area (Å²) in [6.07, 6.45) is 0.813. The number of amides is 1. The van der Waals surface area contributed by atoms with Crippen LogP contribution in [0.3, 0.4) is 0 Å². The highest BCUT2D eigenvalue weighted by atomic mass is 16.5. The molecule has 0 unspecified atom stereocenters. The van der Waals surface area contributed by atoms with Crippen molar-refractivity contribution in [3.63, 3.8) is 0 Å². The molecule has 4 heteroatoms. The highest BCUT2D eigenvalue weighted by Gasteiger charge is 2.01. The number of benzene rings is 2. The summed E-state index contributed by atoms with van der Waals surface area (Å²) < 4.78 is 5.12. The number of hydrogen-bond donors (Lipinski definition) is 2. The van der Waals surface area contributed by atoms with Crippen molar-refractivity contribution in [3.8, 4) is 5.75 Å². The Kier molecular flexibility index (Phi) is 6.63. The molecule has 0 saturated heterocycles. The van der Waals surface area contributed by atoms with Crippen LogP contribution in [0.25, 0.3) is 0 Å². The molecule has 2 aromatic rings. The molecule has 23 heavy (non-hydrogen) atoms. The predicted octanol–water partition coefficient (Wildman–Crippen LogP) is 2.45. The van der Waals surface area contributed by atoms with Crippen molar-refractivity contribution < 1.29 is 9.53 Å². The molecule has 0 aliphatic carbocycles. The van der Waals surface area contributed by atoms with Crippen LogP contribution < -0.4 is 15.4 Å². The number of methoxy groups -OCH3 is 1. The van der Waals surface area contributed by atoms with Crippen LogP contribution in [0.4, 0.5) is 0 Å². The standard InChI is InChI=1S/C19H24N2O2/c1-15-4-3-5-17(12-15)13-20-14-19(22)21-11-10-16-6-8-18(23-2)9-7-16/h3-9,12,20H,10-11,13-14H2,1-2H3,(H,21,22). The Labute approximate surface area is 137 Å². The SMILES string of the molecule is COc1ccc(CCNC(=O)CNCc2cccc(C)c2)cc1. The molecule has 2 rings (SSSR count). The van der Waals surface area contributed by atoms with E-state index in [4.69, 9.17) is 4.74 Å². The van der Waals surface area contributed by atoms with Crippen LogP contribution in [-0.2, 0) is 17.8 Å². The maximum atomic E-state index is 11.8. The fourth-order valence-electron chi connectivity index (χ4n) is 2.34. The Morgan fingerprint density at radius 2 is 1.87 bits per heavy atom. The first-order valence-electron chi connectivity index (χ1n) is 7.83. The van der Waals surface area contributed by atoms with Gasteiger partial charge in [-0.15, -0.1) is 0 Å². The quantitative estimate of drug-likeness (QED) is 0.787. The fraction of sp³-hybridized carbons (Fsp3) is 0.316. The average molecular weight is 312 g/mol. The normalized spacial score (nSPS) is 10.3. The third kappa shape index (κ3) is 6.12. The summed E-state index contributed by atoms with van der Waals surface area (Å²) in [7, 11) is 1.65. The van der Waals surface area contributed by atoms with Gasteiger partial charge in [-0.1, -0.05) is 42.0 Å². The Balaban J connectivity index is 1.63. The highest BCUT2D eigenvalue weighted by Crippen LogP contribution is 2.11. The van der Waals surface area contributed by atoms with Crippen molar-refractivity contribution in [1.82, 2.24) is 10.6 Å². The third-order valence-electron chi connectivity index (χ3n) is 3.59. The van der Waals surface area contributed by atoms with Crippen LogP contribution in [-0.4, -0.2) is 26.1 Å². The smallest absolute Gasteiger partial charge is 0.233 e. The van der Waals surface area contributed by atoms with Crippen LogP contribution in [0.5, 0.6) is 5.75 Å². The Morgan fingerprint density at radius 3 is 2.57 bits per heavy atom. The predicted molar refractivity (Wildman–Crippen MR) is 92.6 cm³/mol. The topological polar surface area (TPSA) is 50.4 Å². The van der Waals surface area contributed by atoms with Gasteiger partial charge in [-0.05, 0) is 36.6 Å². The minimum Gasteiger partial charge on any atom is -0.497 e. The van der Waals surface area contributed by atoms with Crippen LogP contribution in [0.1, 0.15) is 16.7 Å². The van der Waals surface area contributed by atoms with Crippen molar-refractivity contribution in [1.29, 1.82) is 0 Å². The summed E-state index contributed by atoms with van der Waals surface area (Å²) in [5, 5.41) is 6.09. The monoisotopic (exact) mass is 312 g/mol. The molecule has 0 atom stereocenters. The maximum absolute atomic E-state index is 11.8. The lowest BCUT2D eigenvalue weighted by Crippen LogP contribution is -2.34. The van der Waals surface area contributed by atoms with E-state index < -0.39 is 0 Å². The molecular formula is C19H24N2O2. The molecule has 2 aromatic carbocycles. The van der Waals surface area contributed by atoms with E-state index in [0.717, 1.165) is 12.2 Å². The van der Waals surface area contributed by atoms with Crippen LogP contribution in [0.2, 0.25) is 0 Å². The molecule has 0 bridgehead atoms. The molecule has 0 fully saturated rings. The molecule has 4 nitrogen and oxygen atoms in total. The van der Waals surface area contributed by atoms with Gasteiger partial charge in [0.25, 0.3) is 0 Å². The summed E-state index contributed by atoms with van der Waals surface area (Å²) in [5.41, 5.74) is 3.60. The van der Waals surface area contributed by atoms with Crippen LogP contribution in [0.15, 0.2) is 48.5 Å². The number of ether oxygens (including phenoxy) is 1. The van der Waals surface area contributed by atoms with Gasteiger partial charge in [0.15, 0.2) is 0 Å². The van der Waals surface area contributed by atoms with Gasteiger partial charge in [0.1, 0.15) is 5.75 Å². The summed E-state index contributed by atoms with van der Waals surface area (Å²) in [6, 6.07) is 16.2. The Hall–Kier alpha value is -2.33. The van der Waals surface area contributed by atoms with E-state index in [1.54, 1.807) is 7.11 Å². The Bertz CT molecular complexity index is 624. The van der Waals surface area contributed by atoms with Gasteiger partial charge in [-0.2, -0.15) is 0 Å². The molecule has 2 N–H and O–H groups in total. The molecule has 0 heterocycles.